The maximum atomic E-state index is 5.87. The van der Waals surface area contributed by atoms with Gasteiger partial charge in [0.2, 0.25) is 0 Å². The summed E-state index contributed by atoms with van der Waals surface area (Å²) in [5.74, 6) is 1.08. The molecule has 0 aromatic heterocycles. The molecule has 0 saturated carbocycles. The Kier molecular flexibility index (Phi) is 6.76. The van der Waals surface area contributed by atoms with Crippen LogP contribution in [0.4, 0.5) is 0 Å². The van der Waals surface area contributed by atoms with Crippen LogP contribution in [0.1, 0.15) is 56.6 Å². The summed E-state index contributed by atoms with van der Waals surface area (Å²) in [6.07, 6.45) is 7.89. The first kappa shape index (κ1) is 14.1. The Morgan fingerprint density at radius 1 is 0.882 bits per heavy atom. The van der Waals surface area contributed by atoms with Gasteiger partial charge in [-0.3, -0.25) is 0 Å². The molecule has 0 aliphatic rings. The molecule has 1 heteroatoms. The van der Waals surface area contributed by atoms with E-state index in [1.165, 1.54) is 49.7 Å². The van der Waals surface area contributed by atoms with Gasteiger partial charge in [-0.15, -0.1) is 0 Å². The molecule has 17 heavy (non-hydrogen) atoms. The second-order valence-corrected chi connectivity index (χ2v) is 4.84. The third kappa shape index (κ3) is 5.25. The van der Waals surface area contributed by atoms with Crippen molar-refractivity contribution in [2.24, 2.45) is 0 Å². The number of hydrogen-bond acceptors (Lipinski definition) is 1. The molecule has 0 radical (unpaired) electrons. The molecule has 0 heterocycles. The van der Waals surface area contributed by atoms with Gasteiger partial charge >= 0.3 is 0 Å². The molecule has 1 aromatic rings. The van der Waals surface area contributed by atoms with Crippen LogP contribution in [0.25, 0.3) is 0 Å². The standard InChI is InChI=1S/C16H26O/c1-4-5-6-7-8-9-13-17-16-14(2)11-10-12-15(16)3/h10-12H,4-9,13H2,1-3H3. The number of rotatable bonds is 8. The van der Waals surface area contributed by atoms with E-state index in [-0.39, 0.29) is 0 Å². The largest absolute Gasteiger partial charge is 0.493 e. The molecule has 0 spiro atoms. The van der Waals surface area contributed by atoms with Gasteiger partial charge in [-0.2, -0.15) is 0 Å². The number of hydrogen-bond donors (Lipinski definition) is 0. The van der Waals surface area contributed by atoms with Gasteiger partial charge in [-0.05, 0) is 31.4 Å². The van der Waals surface area contributed by atoms with Crippen molar-refractivity contribution in [2.75, 3.05) is 6.61 Å². The summed E-state index contributed by atoms with van der Waals surface area (Å²) in [5, 5.41) is 0. The molecular weight excluding hydrogens is 208 g/mol. The lowest BCUT2D eigenvalue weighted by atomic mass is 10.1. The summed E-state index contributed by atoms with van der Waals surface area (Å²) < 4.78 is 5.87. The van der Waals surface area contributed by atoms with Crippen LogP contribution < -0.4 is 4.74 Å². The summed E-state index contributed by atoms with van der Waals surface area (Å²) >= 11 is 0. The van der Waals surface area contributed by atoms with Gasteiger partial charge in [0, 0.05) is 0 Å². The predicted molar refractivity (Wildman–Crippen MR) is 74.8 cm³/mol. The van der Waals surface area contributed by atoms with Crippen LogP contribution in [-0.2, 0) is 0 Å². The lowest BCUT2D eigenvalue weighted by Crippen LogP contribution is -2.00. The highest BCUT2D eigenvalue weighted by Gasteiger charge is 2.02. The van der Waals surface area contributed by atoms with Crippen LogP contribution in [-0.4, -0.2) is 6.61 Å². The molecule has 0 unspecified atom stereocenters. The molecule has 0 amide bonds. The normalized spacial score (nSPS) is 10.5. The minimum Gasteiger partial charge on any atom is -0.493 e. The van der Waals surface area contributed by atoms with E-state index < -0.39 is 0 Å². The second kappa shape index (κ2) is 8.16. The lowest BCUT2D eigenvalue weighted by Gasteiger charge is -2.11. The van der Waals surface area contributed by atoms with Crippen molar-refractivity contribution in [1.29, 1.82) is 0 Å². The molecule has 0 bridgehead atoms. The van der Waals surface area contributed by atoms with Crippen molar-refractivity contribution < 1.29 is 4.74 Å². The first-order valence-electron chi connectivity index (χ1n) is 6.94. The van der Waals surface area contributed by atoms with Gasteiger partial charge in [0.25, 0.3) is 0 Å². The summed E-state index contributed by atoms with van der Waals surface area (Å²) in [4.78, 5) is 0. The van der Waals surface area contributed by atoms with Crippen LogP contribution in [0.15, 0.2) is 18.2 Å². The summed E-state index contributed by atoms with van der Waals surface area (Å²) in [5.41, 5.74) is 2.49. The van der Waals surface area contributed by atoms with E-state index in [9.17, 15) is 0 Å². The topological polar surface area (TPSA) is 9.23 Å². The van der Waals surface area contributed by atoms with Gasteiger partial charge in [0.1, 0.15) is 5.75 Å². The Labute approximate surface area is 106 Å². The van der Waals surface area contributed by atoms with Crippen molar-refractivity contribution >= 4 is 0 Å². The quantitative estimate of drug-likeness (QED) is 0.572. The van der Waals surface area contributed by atoms with Crippen LogP contribution >= 0.6 is 0 Å². The lowest BCUT2D eigenvalue weighted by molar-refractivity contribution is 0.300. The fraction of sp³-hybridized carbons (Fsp3) is 0.625. The minimum absolute atomic E-state index is 0.859. The highest BCUT2D eigenvalue weighted by atomic mass is 16.5. The fourth-order valence-corrected chi connectivity index (χ4v) is 2.08. The zero-order valence-electron chi connectivity index (χ0n) is 11.6. The number of aryl methyl sites for hydroxylation is 2. The first-order chi connectivity index (χ1) is 8.25. The minimum atomic E-state index is 0.859. The smallest absolute Gasteiger partial charge is 0.125 e. The maximum absolute atomic E-state index is 5.87. The van der Waals surface area contributed by atoms with E-state index in [2.05, 4.69) is 39.0 Å². The molecule has 0 N–H and O–H groups in total. The van der Waals surface area contributed by atoms with E-state index in [1.807, 2.05) is 0 Å². The molecular formula is C16H26O. The van der Waals surface area contributed by atoms with Crippen molar-refractivity contribution in [3.63, 3.8) is 0 Å². The Morgan fingerprint density at radius 2 is 1.47 bits per heavy atom. The van der Waals surface area contributed by atoms with Gasteiger partial charge < -0.3 is 4.74 Å². The number of unbranched alkanes of at least 4 members (excludes halogenated alkanes) is 5. The van der Waals surface area contributed by atoms with E-state index in [4.69, 9.17) is 4.74 Å². The monoisotopic (exact) mass is 234 g/mol. The van der Waals surface area contributed by atoms with Crippen LogP contribution in [0.5, 0.6) is 5.75 Å². The number of ether oxygens (including phenoxy) is 1. The number of benzene rings is 1. The molecule has 0 aliphatic carbocycles. The zero-order valence-corrected chi connectivity index (χ0v) is 11.6. The highest BCUT2D eigenvalue weighted by Crippen LogP contribution is 2.22. The fourth-order valence-electron chi connectivity index (χ4n) is 2.08. The highest BCUT2D eigenvalue weighted by molar-refractivity contribution is 5.39. The first-order valence-corrected chi connectivity index (χ1v) is 6.94. The van der Waals surface area contributed by atoms with Gasteiger partial charge in [-0.25, -0.2) is 0 Å². The van der Waals surface area contributed by atoms with Crippen LogP contribution in [0.2, 0.25) is 0 Å². The third-order valence-electron chi connectivity index (χ3n) is 3.15. The van der Waals surface area contributed by atoms with Crippen LogP contribution in [0.3, 0.4) is 0 Å². The summed E-state index contributed by atoms with van der Waals surface area (Å²) in [6, 6.07) is 6.31. The van der Waals surface area contributed by atoms with Crippen molar-refractivity contribution in [1.82, 2.24) is 0 Å². The Balaban J connectivity index is 2.18. The molecule has 0 atom stereocenters. The second-order valence-electron chi connectivity index (χ2n) is 4.84. The third-order valence-corrected chi connectivity index (χ3v) is 3.15. The summed E-state index contributed by atoms with van der Waals surface area (Å²) in [6.45, 7) is 7.34. The van der Waals surface area contributed by atoms with Crippen molar-refractivity contribution in [3.05, 3.63) is 29.3 Å². The number of para-hydroxylation sites is 1. The molecule has 1 rings (SSSR count). The van der Waals surface area contributed by atoms with Gasteiger partial charge in [-0.1, -0.05) is 57.2 Å². The molecule has 0 saturated heterocycles. The average molecular weight is 234 g/mol. The van der Waals surface area contributed by atoms with E-state index in [0.717, 1.165) is 12.4 Å². The predicted octanol–water partition coefficient (Wildman–Crippen LogP) is 5.04. The Morgan fingerprint density at radius 3 is 2.12 bits per heavy atom. The molecule has 0 fully saturated rings. The van der Waals surface area contributed by atoms with E-state index in [1.54, 1.807) is 0 Å². The molecule has 96 valence electrons. The maximum Gasteiger partial charge on any atom is 0.125 e. The van der Waals surface area contributed by atoms with Crippen LogP contribution in [0, 0.1) is 13.8 Å². The SMILES string of the molecule is CCCCCCCCOc1c(C)cccc1C. The molecule has 1 nitrogen and oxygen atoms in total. The van der Waals surface area contributed by atoms with Crippen molar-refractivity contribution in [2.45, 2.75) is 59.3 Å². The van der Waals surface area contributed by atoms with Gasteiger partial charge in [0.15, 0.2) is 0 Å². The van der Waals surface area contributed by atoms with E-state index >= 15 is 0 Å². The molecule has 0 aliphatic heterocycles. The average Bonchev–Trinajstić information content (AvgIpc) is 2.31. The Bertz CT molecular complexity index is 297. The zero-order chi connectivity index (χ0) is 12.5. The van der Waals surface area contributed by atoms with E-state index in [0.29, 0.717) is 0 Å². The molecule has 1 aromatic carbocycles. The van der Waals surface area contributed by atoms with Crippen molar-refractivity contribution in [3.8, 4) is 5.75 Å². The Hall–Kier alpha value is -0.980. The summed E-state index contributed by atoms with van der Waals surface area (Å²) in [7, 11) is 0. The van der Waals surface area contributed by atoms with Gasteiger partial charge in [0.05, 0.1) is 6.61 Å².